The second kappa shape index (κ2) is 5.87. The van der Waals surface area contributed by atoms with E-state index in [1.165, 1.54) is 12.4 Å². The molecule has 0 unspecified atom stereocenters. The first-order valence-corrected chi connectivity index (χ1v) is 7.59. The fourth-order valence-electron chi connectivity index (χ4n) is 3.50. The minimum absolute atomic E-state index is 0.125. The van der Waals surface area contributed by atoms with Crippen LogP contribution in [0.5, 0.6) is 5.75 Å². The van der Waals surface area contributed by atoms with Gasteiger partial charge in [-0.3, -0.25) is 9.78 Å². The van der Waals surface area contributed by atoms with E-state index in [0.29, 0.717) is 6.54 Å². The summed E-state index contributed by atoms with van der Waals surface area (Å²) in [6.07, 6.45) is 10.3. The fraction of sp³-hybridized carbons (Fsp3) is 0.353. The van der Waals surface area contributed by atoms with Crippen molar-refractivity contribution in [3.05, 3.63) is 58.3 Å². The Morgan fingerprint density at radius 3 is 2.48 bits per heavy atom. The van der Waals surface area contributed by atoms with E-state index < -0.39 is 22.7 Å². The standard InChI is InChI=1S/C17H18N2O4/c20-14-10-19(9-13(15(14)21)16(22)23)11-17(5-1-2-6-17)12-3-7-18-8-4-12/h3-4,7-10,20H,1-2,5-6,11H2,(H,22,23). The number of aromatic hydroxyl groups is 1. The summed E-state index contributed by atoms with van der Waals surface area (Å²) < 4.78 is 1.62. The third kappa shape index (κ3) is 2.84. The molecule has 23 heavy (non-hydrogen) atoms. The van der Waals surface area contributed by atoms with Crippen molar-refractivity contribution < 1.29 is 15.0 Å². The van der Waals surface area contributed by atoms with Crippen LogP contribution in [0.3, 0.4) is 0 Å². The second-order valence-electron chi connectivity index (χ2n) is 6.09. The van der Waals surface area contributed by atoms with Gasteiger partial charge in [-0.25, -0.2) is 4.79 Å². The van der Waals surface area contributed by atoms with Crippen molar-refractivity contribution in [2.75, 3.05) is 0 Å². The fourth-order valence-corrected chi connectivity index (χ4v) is 3.50. The zero-order valence-electron chi connectivity index (χ0n) is 12.6. The first kappa shape index (κ1) is 15.3. The lowest BCUT2D eigenvalue weighted by atomic mass is 9.79. The summed E-state index contributed by atoms with van der Waals surface area (Å²) in [6, 6.07) is 3.96. The average Bonchev–Trinajstić information content (AvgIpc) is 3.01. The van der Waals surface area contributed by atoms with Crippen LogP contribution in [-0.4, -0.2) is 25.7 Å². The molecule has 1 saturated carbocycles. The predicted octanol–water partition coefficient (Wildman–Crippen LogP) is 2.16. The van der Waals surface area contributed by atoms with E-state index in [-0.39, 0.29) is 5.41 Å². The van der Waals surface area contributed by atoms with Gasteiger partial charge in [-0.15, -0.1) is 0 Å². The van der Waals surface area contributed by atoms with E-state index in [9.17, 15) is 14.7 Å². The molecule has 1 aliphatic rings. The van der Waals surface area contributed by atoms with Crippen molar-refractivity contribution in [1.29, 1.82) is 0 Å². The van der Waals surface area contributed by atoms with Crippen molar-refractivity contribution in [3.8, 4) is 5.75 Å². The number of pyridine rings is 2. The molecular weight excluding hydrogens is 296 g/mol. The number of carboxylic acid groups (broad SMARTS) is 1. The van der Waals surface area contributed by atoms with Crippen molar-refractivity contribution in [2.24, 2.45) is 0 Å². The van der Waals surface area contributed by atoms with Crippen LogP contribution in [-0.2, 0) is 12.0 Å². The van der Waals surface area contributed by atoms with E-state index in [1.54, 1.807) is 17.0 Å². The normalized spacial score (nSPS) is 16.3. The molecule has 0 aliphatic heterocycles. The molecule has 0 spiro atoms. The van der Waals surface area contributed by atoms with Gasteiger partial charge < -0.3 is 14.8 Å². The Kier molecular flexibility index (Phi) is 3.90. The van der Waals surface area contributed by atoms with Gasteiger partial charge in [0.15, 0.2) is 5.75 Å². The van der Waals surface area contributed by atoms with Crippen molar-refractivity contribution in [2.45, 2.75) is 37.6 Å². The Balaban J connectivity index is 2.02. The van der Waals surface area contributed by atoms with Gasteiger partial charge in [-0.1, -0.05) is 12.8 Å². The number of aromatic carboxylic acids is 1. The summed E-state index contributed by atoms with van der Waals surface area (Å²) >= 11 is 0. The Hall–Kier alpha value is -2.63. The first-order valence-electron chi connectivity index (χ1n) is 7.59. The number of nitrogens with zero attached hydrogens (tertiary/aromatic N) is 2. The Morgan fingerprint density at radius 2 is 1.87 bits per heavy atom. The molecule has 120 valence electrons. The Bertz CT molecular complexity index is 777. The molecular formula is C17H18N2O4. The van der Waals surface area contributed by atoms with E-state index in [4.69, 9.17) is 5.11 Å². The van der Waals surface area contributed by atoms with Crippen molar-refractivity contribution >= 4 is 5.97 Å². The smallest absolute Gasteiger partial charge is 0.341 e. The van der Waals surface area contributed by atoms with Crippen molar-refractivity contribution in [1.82, 2.24) is 9.55 Å². The highest BCUT2D eigenvalue weighted by molar-refractivity contribution is 5.87. The number of rotatable bonds is 4. The van der Waals surface area contributed by atoms with Crippen LogP contribution in [0.25, 0.3) is 0 Å². The lowest BCUT2D eigenvalue weighted by Gasteiger charge is -2.30. The predicted molar refractivity (Wildman–Crippen MR) is 83.7 cm³/mol. The van der Waals surface area contributed by atoms with Gasteiger partial charge in [0.25, 0.3) is 0 Å². The second-order valence-corrected chi connectivity index (χ2v) is 6.09. The molecule has 0 radical (unpaired) electrons. The summed E-state index contributed by atoms with van der Waals surface area (Å²) in [5.41, 5.74) is -0.230. The van der Waals surface area contributed by atoms with Gasteiger partial charge in [0.05, 0.1) is 0 Å². The summed E-state index contributed by atoms with van der Waals surface area (Å²) in [5.74, 6) is -1.86. The van der Waals surface area contributed by atoms with Gasteiger partial charge >= 0.3 is 5.97 Å². The number of carbonyl (C=O) groups is 1. The van der Waals surface area contributed by atoms with Crippen LogP contribution < -0.4 is 5.43 Å². The Morgan fingerprint density at radius 1 is 1.22 bits per heavy atom. The maximum atomic E-state index is 11.7. The van der Waals surface area contributed by atoms with Crippen molar-refractivity contribution in [3.63, 3.8) is 0 Å². The highest BCUT2D eigenvalue weighted by Gasteiger charge is 2.36. The summed E-state index contributed by atoms with van der Waals surface area (Å²) in [7, 11) is 0. The number of aromatic nitrogens is 2. The molecule has 6 heteroatoms. The molecule has 1 aliphatic carbocycles. The van der Waals surface area contributed by atoms with E-state index in [1.807, 2.05) is 12.1 Å². The molecule has 2 heterocycles. The molecule has 0 aromatic carbocycles. The molecule has 2 aromatic heterocycles. The molecule has 0 saturated heterocycles. The molecule has 0 atom stereocenters. The zero-order valence-corrected chi connectivity index (χ0v) is 12.6. The van der Waals surface area contributed by atoms with Gasteiger partial charge in [0.2, 0.25) is 5.43 Å². The van der Waals surface area contributed by atoms with Crippen LogP contribution in [0.2, 0.25) is 0 Å². The summed E-state index contributed by atoms with van der Waals surface area (Å²) in [6.45, 7) is 0.519. The van der Waals surface area contributed by atoms with Crippen LogP contribution >= 0.6 is 0 Å². The number of carboxylic acids is 1. The van der Waals surface area contributed by atoms with Crippen LogP contribution in [0.1, 0.15) is 41.6 Å². The van der Waals surface area contributed by atoms with Gasteiger partial charge in [-0.2, -0.15) is 0 Å². The first-order chi connectivity index (χ1) is 11.0. The summed E-state index contributed by atoms with van der Waals surface area (Å²) in [5, 5.41) is 18.9. The van der Waals surface area contributed by atoms with E-state index >= 15 is 0 Å². The Labute approximate surface area is 133 Å². The van der Waals surface area contributed by atoms with Crippen LogP contribution in [0.15, 0.2) is 41.7 Å². The molecule has 0 amide bonds. The molecule has 2 aromatic rings. The van der Waals surface area contributed by atoms with Crippen LogP contribution in [0.4, 0.5) is 0 Å². The lowest BCUT2D eigenvalue weighted by molar-refractivity contribution is 0.0693. The zero-order chi connectivity index (χ0) is 16.4. The highest BCUT2D eigenvalue weighted by Crippen LogP contribution is 2.42. The minimum Gasteiger partial charge on any atom is -0.503 e. The third-order valence-corrected chi connectivity index (χ3v) is 4.63. The number of hydrogen-bond acceptors (Lipinski definition) is 4. The van der Waals surface area contributed by atoms with E-state index in [0.717, 1.165) is 31.2 Å². The molecule has 6 nitrogen and oxygen atoms in total. The molecule has 3 rings (SSSR count). The molecule has 2 N–H and O–H groups in total. The molecule has 0 bridgehead atoms. The monoisotopic (exact) mass is 314 g/mol. The lowest BCUT2D eigenvalue weighted by Crippen LogP contribution is -2.29. The topological polar surface area (TPSA) is 92.4 Å². The average molecular weight is 314 g/mol. The summed E-state index contributed by atoms with van der Waals surface area (Å²) in [4.78, 5) is 26.9. The minimum atomic E-state index is -1.33. The largest absolute Gasteiger partial charge is 0.503 e. The maximum Gasteiger partial charge on any atom is 0.341 e. The van der Waals surface area contributed by atoms with Crippen LogP contribution in [0, 0.1) is 0 Å². The molecule has 1 fully saturated rings. The van der Waals surface area contributed by atoms with E-state index in [2.05, 4.69) is 4.98 Å². The SMILES string of the molecule is O=C(O)c1cn(CC2(c3ccncc3)CCCC2)cc(O)c1=O. The van der Waals surface area contributed by atoms with Gasteiger partial charge in [0, 0.05) is 36.7 Å². The van der Waals surface area contributed by atoms with Gasteiger partial charge in [-0.05, 0) is 30.5 Å². The quantitative estimate of drug-likeness (QED) is 0.902. The van der Waals surface area contributed by atoms with Gasteiger partial charge in [0.1, 0.15) is 5.56 Å². The third-order valence-electron chi connectivity index (χ3n) is 4.63. The maximum absolute atomic E-state index is 11.7. The highest BCUT2D eigenvalue weighted by atomic mass is 16.4. The number of hydrogen-bond donors (Lipinski definition) is 2.